The molecule has 2 rings (SSSR count). The molecule has 6 nitrogen and oxygen atoms in total. The Labute approximate surface area is 120 Å². The molecule has 0 aliphatic heterocycles. The van der Waals surface area contributed by atoms with Crippen LogP contribution in [0.3, 0.4) is 0 Å². The molecule has 0 unspecified atom stereocenters. The fourth-order valence-electron chi connectivity index (χ4n) is 1.41. The Bertz CT molecular complexity index is 730. The summed E-state index contributed by atoms with van der Waals surface area (Å²) in [6.07, 6.45) is 1.31. The third kappa shape index (κ3) is 2.89. The van der Waals surface area contributed by atoms with Gasteiger partial charge in [-0.05, 0) is 22.0 Å². The van der Waals surface area contributed by atoms with Gasteiger partial charge in [0.1, 0.15) is 23.3 Å². The second-order valence-corrected chi connectivity index (χ2v) is 4.44. The van der Waals surface area contributed by atoms with Crippen LogP contribution in [-0.2, 0) is 0 Å². The van der Waals surface area contributed by atoms with Crippen molar-refractivity contribution in [3.05, 3.63) is 56.6 Å². The van der Waals surface area contributed by atoms with Gasteiger partial charge in [0.25, 0.3) is 0 Å². The molecule has 1 aromatic carbocycles. The monoisotopic (exact) mass is 337 g/mol. The molecule has 2 aromatic rings. The molecular formula is C12H5BrFN3O3. The molecule has 0 fully saturated rings. The summed E-state index contributed by atoms with van der Waals surface area (Å²) in [5, 5.41) is 19.6. The molecule has 0 saturated carbocycles. The maximum absolute atomic E-state index is 13.5. The Hall–Kier alpha value is -2.53. The highest BCUT2D eigenvalue weighted by Crippen LogP contribution is 2.35. The first kappa shape index (κ1) is 13.9. The molecule has 8 heteroatoms. The SMILES string of the molecule is N#Cc1cc(Oc2cc(F)c(Br)cc2[N+](=O)[O-])ccn1. The number of nitrogens with zero attached hydrogens (tertiary/aromatic N) is 3. The first-order chi connectivity index (χ1) is 9.51. The molecule has 0 radical (unpaired) electrons. The maximum atomic E-state index is 13.5. The molecule has 0 saturated heterocycles. The fraction of sp³-hybridized carbons (Fsp3) is 0. The number of nitriles is 1. The van der Waals surface area contributed by atoms with Crippen molar-refractivity contribution >= 4 is 21.6 Å². The van der Waals surface area contributed by atoms with Gasteiger partial charge in [0.2, 0.25) is 5.75 Å². The largest absolute Gasteiger partial charge is 0.450 e. The maximum Gasteiger partial charge on any atom is 0.312 e. The van der Waals surface area contributed by atoms with Crippen molar-refractivity contribution in [1.29, 1.82) is 5.26 Å². The van der Waals surface area contributed by atoms with Crippen LogP contribution in [0.2, 0.25) is 0 Å². The van der Waals surface area contributed by atoms with Crippen LogP contribution in [0.4, 0.5) is 10.1 Å². The van der Waals surface area contributed by atoms with Gasteiger partial charge in [-0.25, -0.2) is 9.37 Å². The van der Waals surface area contributed by atoms with E-state index in [-0.39, 0.29) is 21.7 Å². The van der Waals surface area contributed by atoms with Crippen molar-refractivity contribution < 1.29 is 14.1 Å². The molecule has 0 amide bonds. The molecule has 0 bridgehead atoms. The number of aromatic nitrogens is 1. The van der Waals surface area contributed by atoms with E-state index in [1.165, 1.54) is 18.3 Å². The van der Waals surface area contributed by atoms with Crippen LogP contribution >= 0.6 is 15.9 Å². The summed E-state index contributed by atoms with van der Waals surface area (Å²) in [5.41, 5.74) is -0.309. The zero-order chi connectivity index (χ0) is 14.7. The molecule has 0 spiro atoms. The predicted octanol–water partition coefficient (Wildman–Crippen LogP) is 3.56. The predicted molar refractivity (Wildman–Crippen MR) is 69.8 cm³/mol. The number of halogens is 2. The normalized spacial score (nSPS) is 9.85. The van der Waals surface area contributed by atoms with Gasteiger partial charge in [-0.1, -0.05) is 0 Å². The average Bonchev–Trinajstić information content (AvgIpc) is 2.42. The van der Waals surface area contributed by atoms with Gasteiger partial charge < -0.3 is 4.74 Å². The van der Waals surface area contributed by atoms with E-state index in [9.17, 15) is 14.5 Å². The van der Waals surface area contributed by atoms with E-state index in [4.69, 9.17) is 10.00 Å². The number of nitro benzene ring substituents is 1. The number of nitro groups is 1. The molecule has 1 heterocycles. The van der Waals surface area contributed by atoms with Crippen molar-refractivity contribution in [2.45, 2.75) is 0 Å². The minimum absolute atomic E-state index is 0.0380. The lowest BCUT2D eigenvalue weighted by Gasteiger charge is -2.07. The molecule has 1 aromatic heterocycles. The molecule has 20 heavy (non-hydrogen) atoms. The van der Waals surface area contributed by atoms with Crippen molar-refractivity contribution in [1.82, 2.24) is 4.98 Å². The molecular weight excluding hydrogens is 333 g/mol. The van der Waals surface area contributed by atoms with Crippen LogP contribution in [0.5, 0.6) is 11.5 Å². The van der Waals surface area contributed by atoms with Crippen molar-refractivity contribution in [3.63, 3.8) is 0 Å². The highest BCUT2D eigenvalue weighted by atomic mass is 79.9. The second-order valence-electron chi connectivity index (χ2n) is 3.58. The lowest BCUT2D eigenvalue weighted by Crippen LogP contribution is -1.96. The van der Waals surface area contributed by atoms with Gasteiger partial charge in [0.05, 0.1) is 9.40 Å². The van der Waals surface area contributed by atoms with Crippen molar-refractivity contribution in [3.8, 4) is 17.6 Å². The fourth-order valence-corrected chi connectivity index (χ4v) is 1.74. The lowest BCUT2D eigenvalue weighted by atomic mass is 10.3. The van der Waals surface area contributed by atoms with E-state index in [1.54, 1.807) is 6.07 Å². The van der Waals surface area contributed by atoms with Crippen LogP contribution < -0.4 is 4.74 Å². The Morgan fingerprint density at radius 1 is 1.45 bits per heavy atom. The van der Waals surface area contributed by atoms with Crippen LogP contribution in [0, 0.1) is 27.3 Å². The Balaban J connectivity index is 2.45. The quantitative estimate of drug-likeness (QED) is 0.631. The van der Waals surface area contributed by atoms with Gasteiger partial charge in [-0.15, -0.1) is 0 Å². The minimum Gasteiger partial charge on any atom is -0.450 e. The van der Waals surface area contributed by atoms with Gasteiger partial charge in [0.15, 0.2) is 0 Å². The van der Waals surface area contributed by atoms with Crippen molar-refractivity contribution in [2.75, 3.05) is 0 Å². The molecule has 100 valence electrons. The molecule has 0 atom stereocenters. The average molecular weight is 338 g/mol. The first-order valence-electron chi connectivity index (χ1n) is 5.18. The topological polar surface area (TPSA) is 89.0 Å². The second kappa shape index (κ2) is 5.63. The third-order valence-corrected chi connectivity index (χ3v) is 2.88. The van der Waals surface area contributed by atoms with E-state index >= 15 is 0 Å². The van der Waals surface area contributed by atoms with Gasteiger partial charge in [0, 0.05) is 24.4 Å². The smallest absolute Gasteiger partial charge is 0.312 e. The molecule has 0 aliphatic rings. The van der Waals surface area contributed by atoms with E-state index < -0.39 is 16.4 Å². The third-order valence-electron chi connectivity index (χ3n) is 2.27. The highest BCUT2D eigenvalue weighted by Gasteiger charge is 2.19. The number of hydrogen-bond donors (Lipinski definition) is 0. The molecule has 0 N–H and O–H groups in total. The van der Waals surface area contributed by atoms with Crippen LogP contribution in [0.1, 0.15) is 5.69 Å². The highest BCUT2D eigenvalue weighted by molar-refractivity contribution is 9.10. The lowest BCUT2D eigenvalue weighted by molar-refractivity contribution is -0.385. The zero-order valence-corrected chi connectivity index (χ0v) is 11.3. The summed E-state index contributed by atoms with van der Waals surface area (Å²) in [4.78, 5) is 14.0. The standard InChI is InChI=1S/C12H5BrFN3O3/c13-9-4-11(17(18)19)12(5-10(9)14)20-8-1-2-16-7(3-8)6-15/h1-5H. The van der Waals surface area contributed by atoms with Crippen LogP contribution in [-0.4, -0.2) is 9.91 Å². The van der Waals surface area contributed by atoms with E-state index in [0.29, 0.717) is 0 Å². The summed E-state index contributed by atoms with van der Waals surface area (Å²) in [6.45, 7) is 0. The van der Waals surface area contributed by atoms with Gasteiger partial charge >= 0.3 is 5.69 Å². The number of benzene rings is 1. The minimum atomic E-state index is -0.694. The summed E-state index contributed by atoms with van der Waals surface area (Å²) in [6, 6.07) is 6.42. The summed E-state index contributed by atoms with van der Waals surface area (Å²) >= 11 is 2.87. The first-order valence-corrected chi connectivity index (χ1v) is 5.98. The Morgan fingerprint density at radius 2 is 2.20 bits per heavy atom. The number of hydrogen-bond acceptors (Lipinski definition) is 5. The van der Waals surface area contributed by atoms with Gasteiger partial charge in [-0.2, -0.15) is 5.26 Å². The number of ether oxygens (including phenoxy) is 1. The number of rotatable bonds is 3. The Morgan fingerprint density at radius 3 is 2.85 bits per heavy atom. The Kier molecular flexibility index (Phi) is 3.91. The van der Waals surface area contributed by atoms with E-state index in [2.05, 4.69) is 20.9 Å². The number of pyridine rings is 1. The van der Waals surface area contributed by atoms with E-state index in [1.807, 2.05) is 0 Å². The van der Waals surface area contributed by atoms with E-state index in [0.717, 1.165) is 12.1 Å². The van der Waals surface area contributed by atoms with Crippen LogP contribution in [0.25, 0.3) is 0 Å². The summed E-state index contributed by atoms with van der Waals surface area (Å²) < 4.78 is 18.7. The summed E-state index contributed by atoms with van der Waals surface area (Å²) in [7, 11) is 0. The summed E-state index contributed by atoms with van der Waals surface area (Å²) in [5.74, 6) is -0.799. The van der Waals surface area contributed by atoms with Gasteiger partial charge in [-0.3, -0.25) is 10.1 Å². The van der Waals surface area contributed by atoms with Crippen molar-refractivity contribution in [2.24, 2.45) is 0 Å². The zero-order valence-electron chi connectivity index (χ0n) is 9.71. The van der Waals surface area contributed by atoms with Crippen LogP contribution in [0.15, 0.2) is 34.9 Å². The molecule has 0 aliphatic carbocycles.